The molecule has 0 heterocycles. The Morgan fingerprint density at radius 3 is 0.980 bits per heavy atom. The summed E-state index contributed by atoms with van der Waals surface area (Å²) in [4.78, 5) is 80.3. The molecule has 0 saturated carbocycles. The van der Waals surface area contributed by atoms with E-state index in [0.717, 1.165) is 59.3 Å². The third kappa shape index (κ3) is 22.3. The smallest absolute Gasteiger partial charge is 0.407 e. The first kappa shape index (κ1) is 79.4. The highest BCUT2D eigenvalue weighted by Gasteiger charge is 2.36. The van der Waals surface area contributed by atoms with Crippen LogP contribution in [0.25, 0.3) is 0 Å². The van der Waals surface area contributed by atoms with Crippen molar-refractivity contribution in [3.8, 4) is 11.5 Å². The highest BCUT2D eigenvalue weighted by atomic mass is 79.9. The first-order valence-corrected chi connectivity index (χ1v) is 40.1. The number of carbonyl (C=O) groups is 6. The fourth-order valence-corrected chi connectivity index (χ4v) is 17.0. The van der Waals surface area contributed by atoms with Crippen LogP contribution in [-0.2, 0) is 9.47 Å². The van der Waals surface area contributed by atoms with Gasteiger partial charge in [0.15, 0.2) is 23.1 Å². The minimum absolute atomic E-state index is 0.0346. The maximum atomic E-state index is 13.7. The summed E-state index contributed by atoms with van der Waals surface area (Å²) in [6.45, 7) is 9.31. The predicted octanol–water partition coefficient (Wildman–Crippen LogP) is 24.4. The summed E-state index contributed by atoms with van der Waals surface area (Å²) in [7, 11) is 0. The maximum Gasteiger partial charge on any atom is 0.407 e. The summed E-state index contributed by atoms with van der Waals surface area (Å²) in [5.74, 6) is -0.378. The van der Waals surface area contributed by atoms with Gasteiger partial charge in [0, 0.05) is 64.4 Å². The summed E-state index contributed by atoms with van der Waals surface area (Å²) < 4.78 is 14.4. The molecular formula is C82H102Br4N4O10. The molecule has 6 N–H and O–H groups in total. The van der Waals surface area contributed by atoms with Crippen molar-refractivity contribution in [2.45, 2.75) is 233 Å². The lowest BCUT2D eigenvalue weighted by atomic mass is 9.78. The van der Waals surface area contributed by atoms with Gasteiger partial charge in [-0.3, -0.25) is 19.2 Å². The molecule has 100 heavy (non-hydrogen) atoms. The fraction of sp³-hybridized carbons (Fsp3) is 0.488. The zero-order valence-corrected chi connectivity index (χ0v) is 65.2. The number of anilines is 4. The topological polar surface area (TPSA) is 209 Å². The van der Waals surface area contributed by atoms with Crippen molar-refractivity contribution in [1.29, 1.82) is 0 Å². The molecule has 0 bridgehead atoms. The van der Waals surface area contributed by atoms with Crippen molar-refractivity contribution in [3.05, 3.63) is 171 Å². The van der Waals surface area contributed by atoms with Crippen LogP contribution >= 0.6 is 63.7 Å². The first-order valence-electron chi connectivity index (χ1n) is 36.9. The Morgan fingerprint density at radius 2 is 0.660 bits per heavy atom. The lowest BCUT2D eigenvalue weighted by Gasteiger charge is -2.28. The van der Waals surface area contributed by atoms with Gasteiger partial charge >= 0.3 is 12.2 Å². The Hall–Kier alpha value is -6.34. The summed E-state index contributed by atoms with van der Waals surface area (Å²) >= 11 is 14.5. The van der Waals surface area contributed by atoms with Gasteiger partial charge in [-0.1, -0.05) is 274 Å². The monoisotopic (exact) mass is 1620 g/mol. The predicted molar refractivity (Wildman–Crippen MR) is 416 cm³/mol. The molecule has 0 spiro atoms. The molecule has 0 aromatic heterocycles. The van der Waals surface area contributed by atoms with E-state index in [-0.39, 0.29) is 67.6 Å². The number of hydrogen-bond donors (Lipinski definition) is 6. The van der Waals surface area contributed by atoms with Gasteiger partial charge in [0.25, 0.3) is 0 Å². The maximum absolute atomic E-state index is 13.7. The van der Waals surface area contributed by atoms with Gasteiger partial charge < -0.3 is 41.0 Å². The number of ether oxygens (including phenoxy) is 2. The Balaban J connectivity index is 0.667. The second-order valence-electron chi connectivity index (χ2n) is 27.2. The number of hydrogen-bond acceptors (Lipinski definition) is 12. The normalized spacial score (nSPS) is 13.6. The third-order valence-electron chi connectivity index (χ3n) is 19.8. The number of phenols is 2. The summed E-state index contributed by atoms with van der Waals surface area (Å²) in [5, 5.41) is 33.9. The number of halogens is 4. The number of phenolic OH excluding ortho intramolecular Hbond substituents is 2. The highest BCUT2D eigenvalue weighted by Crippen LogP contribution is 2.44. The fourth-order valence-electron chi connectivity index (χ4n) is 14.2. The molecule has 2 aliphatic rings. The molecule has 538 valence electrons. The lowest BCUT2D eigenvalue weighted by Crippen LogP contribution is -2.26. The van der Waals surface area contributed by atoms with Crippen molar-refractivity contribution in [2.75, 3.05) is 23.7 Å². The van der Waals surface area contributed by atoms with Crippen molar-refractivity contribution in [1.82, 2.24) is 10.6 Å². The van der Waals surface area contributed by atoms with Gasteiger partial charge in [-0.2, -0.15) is 0 Å². The SMILES string of the molecule is CCCCCCC(CCCCCCCCCCCNC(=O)OC(C)c1cc(Nc2ccc(O)c3c2C(=O)c2ccccc2C3=O)c(Br)cc1Br)C(CCCCCC)CCCCCCCCCCCNC(=O)OC(C)c1cc(Nc2ccc(O)c3c2C(=O)c2ccccc2C3=O)c(Br)cc1Br. The zero-order valence-electron chi connectivity index (χ0n) is 58.8. The zero-order chi connectivity index (χ0) is 71.5. The van der Waals surface area contributed by atoms with E-state index in [4.69, 9.17) is 9.47 Å². The van der Waals surface area contributed by atoms with Crippen molar-refractivity contribution in [3.63, 3.8) is 0 Å². The number of ketones is 4. The Labute approximate surface area is 626 Å². The van der Waals surface area contributed by atoms with Gasteiger partial charge in [0.1, 0.15) is 23.7 Å². The number of nitrogens with one attached hydrogen (secondary N) is 4. The minimum Gasteiger partial charge on any atom is -0.507 e. The lowest BCUT2D eigenvalue weighted by molar-refractivity contribution is 0.0977. The molecule has 6 aromatic rings. The number of rotatable bonds is 43. The quantitative estimate of drug-likeness (QED) is 0.0156. The minimum atomic E-state index is -0.612. The number of aromatic hydroxyl groups is 2. The average Bonchev–Trinajstić information content (AvgIpc) is 0.751. The molecular weight excluding hydrogens is 1520 g/mol. The third-order valence-corrected chi connectivity index (χ3v) is 22.5. The largest absolute Gasteiger partial charge is 0.507 e. The molecule has 0 aliphatic heterocycles. The van der Waals surface area contributed by atoms with Gasteiger partial charge in [0.05, 0.1) is 45.0 Å². The van der Waals surface area contributed by atoms with Gasteiger partial charge in [0.2, 0.25) is 0 Å². The molecule has 14 nitrogen and oxygen atoms in total. The number of carbonyl (C=O) groups excluding carboxylic acids is 6. The molecule has 2 aliphatic carbocycles. The van der Waals surface area contributed by atoms with Gasteiger partial charge in [-0.05, 0) is 119 Å². The summed E-state index contributed by atoms with van der Waals surface area (Å²) in [6.07, 6.45) is 35.6. The van der Waals surface area contributed by atoms with E-state index in [1.54, 1.807) is 74.5 Å². The second-order valence-corrected chi connectivity index (χ2v) is 30.7. The number of benzene rings is 6. The van der Waals surface area contributed by atoms with E-state index < -0.39 is 36.0 Å². The Bertz CT molecular complexity index is 3520. The van der Waals surface area contributed by atoms with E-state index in [9.17, 15) is 39.0 Å². The van der Waals surface area contributed by atoms with Crippen molar-refractivity contribution >= 4 is 122 Å². The number of fused-ring (bicyclic) bond motifs is 4. The van der Waals surface area contributed by atoms with E-state index >= 15 is 0 Å². The van der Waals surface area contributed by atoms with E-state index in [2.05, 4.69) is 98.8 Å². The molecule has 0 radical (unpaired) electrons. The molecule has 4 unspecified atom stereocenters. The molecule has 4 atom stereocenters. The van der Waals surface area contributed by atoms with Crippen molar-refractivity contribution in [2.24, 2.45) is 11.8 Å². The standard InChI is InChI=1S/C82H102Br4N4O10/c1-5-7-9-25-35-55(37-27-21-17-13-11-15-19-23-33-47-87-81(97)99-53(3)61-49-69(65(85)51-63(61)83)89-67-43-45-71(91)75-73(67)77(93)57-39-29-31-41-59(57)79(75)95)56(36-26-10-8-6-2)38-28-22-18-14-12-16-20-24-34-48-88-82(98)100-54(4)62-50-70(66(86)52-64(62)84)90-68-44-46-72(92)76-74(68)78(94)58-40-30-32-42-60(58)80(76)96/h29-32,39-46,49-56,89-92H,5-28,33-38,47-48H2,1-4H3,(H,87,97)(H,88,98). The van der Waals surface area contributed by atoms with Crippen LogP contribution in [0.3, 0.4) is 0 Å². The van der Waals surface area contributed by atoms with Crippen LogP contribution in [0, 0.1) is 11.8 Å². The number of unbranched alkanes of at least 4 members (excludes halogenated alkanes) is 22. The molecule has 6 aromatic carbocycles. The van der Waals surface area contributed by atoms with Gasteiger partial charge in [-0.25, -0.2) is 9.59 Å². The van der Waals surface area contributed by atoms with E-state index in [0.29, 0.717) is 55.9 Å². The Kier molecular flexibility index (Phi) is 32.6. The highest BCUT2D eigenvalue weighted by molar-refractivity contribution is 9.11. The summed E-state index contributed by atoms with van der Waals surface area (Å²) in [5.41, 5.74) is 4.52. The van der Waals surface area contributed by atoms with Crippen LogP contribution in [0.1, 0.15) is 307 Å². The van der Waals surface area contributed by atoms with Gasteiger partial charge in [-0.15, -0.1) is 0 Å². The summed E-state index contributed by atoms with van der Waals surface area (Å²) in [6, 6.07) is 26.5. The van der Waals surface area contributed by atoms with Crippen LogP contribution in [0.5, 0.6) is 11.5 Å². The molecule has 8 rings (SSSR count). The second kappa shape index (κ2) is 41.1. The van der Waals surface area contributed by atoms with Crippen LogP contribution in [0.15, 0.2) is 115 Å². The molecule has 2 amide bonds. The average molecular weight is 1620 g/mol. The van der Waals surface area contributed by atoms with Crippen LogP contribution in [-0.4, -0.2) is 58.6 Å². The number of amides is 2. The van der Waals surface area contributed by atoms with Crippen LogP contribution in [0.2, 0.25) is 0 Å². The molecule has 0 saturated heterocycles. The van der Waals surface area contributed by atoms with Crippen molar-refractivity contribution < 1.29 is 48.5 Å². The van der Waals surface area contributed by atoms with E-state index in [1.807, 2.05) is 24.3 Å². The van der Waals surface area contributed by atoms with Crippen LogP contribution < -0.4 is 21.3 Å². The van der Waals surface area contributed by atoms with E-state index in [1.165, 1.54) is 166 Å². The molecule has 0 fully saturated rings. The number of alkyl carbamates (subject to hydrolysis) is 2. The molecule has 18 heteroatoms. The van der Waals surface area contributed by atoms with Crippen LogP contribution in [0.4, 0.5) is 32.3 Å². The Morgan fingerprint density at radius 1 is 0.370 bits per heavy atom. The first-order chi connectivity index (χ1) is 48.4.